The van der Waals surface area contributed by atoms with Crippen molar-refractivity contribution >= 4 is 22.8 Å². The molecule has 1 aromatic carbocycles. The number of halogens is 1. The Balaban J connectivity index is 2.19. The molecular weight excluding hydrogens is 320 g/mol. The minimum Gasteiger partial charge on any atom is -0.392 e. The summed E-state index contributed by atoms with van der Waals surface area (Å²) in [5.74, 6) is 0. The van der Waals surface area contributed by atoms with E-state index in [1.54, 1.807) is 36.9 Å². The Morgan fingerprint density at radius 3 is 2.70 bits per heavy atom. The lowest BCUT2D eigenvalue weighted by Gasteiger charge is -2.10. The molecular formula is C15H15ClN4O3. The predicted molar refractivity (Wildman–Crippen MR) is 86.7 cm³/mol. The maximum Gasteiger partial charge on any atom is 0.332 e. The molecule has 23 heavy (non-hydrogen) atoms. The Kier molecular flexibility index (Phi) is 3.83. The first-order valence-corrected chi connectivity index (χ1v) is 7.31. The number of aromatic nitrogens is 4. The van der Waals surface area contributed by atoms with E-state index < -0.39 is 11.2 Å². The molecule has 120 valence electrons. The molecule has 8 heteroatoms. The summed E-state index contributed by atoms with van der Waals surface area (Å²) in [6.07, 6.45) is 1.50. The minimum absolute atomic E-state index is 0.0940. The van der Waals surface area contributed by atoms with Crippen LogP contribution in [0.4, 0.5) is 0 Å². The van der Waals surface area contributed by atoms with Gasteiger partial charge in [0.1, 0.15) is 0 Å². The Morgan fingerprint density at radius 1 is 1.26 bits per heavy atom. The van der Waals surface area contributed by atoms with Gasteiger partial charge in [0.25, 0.3) is 5.56 Å². The fourth-order valence-corrected chi connectivity index (χ4v) is 2.74. The van der Waals surface area contributed by atoms with Gasteiger partial charge in [-0.05, 0) is 17.2 Å². The van der Waals surface area contributed by atoms with Gasteiger partial charge in [0.05, 0.1) is 19.5 Å². The number of imidazole rings is 1. The molecule has 7 nitrogen and oxygen atoms in total. The number of aryl methyl sites for hydroxylation is 2. The standard InChI is InChI=1S/C15H15ClN4O3/c1-18-8-17-13-12(18)14(22)20(15(23)19(13)2)6-9-3-4-11(16)10(5-9)7-21/h3-5,8,21H,6-7H2,1-2H3. The molecule has 0 radical (unpaired) electrons. The van der Waals surface area contributed by atoms with Crippen LogP contribution >= 0.6 is 11.6 Å². The van der Waals surface area contributed by atoms with E-state index in [1.165, 1.54) is 10.9 Å². The number of nitrogens with zero attached hydrogens (tertiary/aromatic N) is 4. The second-order valence-electron chi connectivity index (χ2n) is 5.34. The van der Waals surface area contributed by atoms with Gasteiger partial charge in [-0.15, -0.1) is 0 Å². The van der Waals surface area contributed by atoms with Crippen LogP contribution in [0, 0.1) is 0 Å². The quantitative estimate of drug-likeness (QED) is 0.761. The van der Waals surface area contributed by atoms with Crippen molar-refractivity contribution in [2.75, 3.05) is 0 Å². The Labute approximate surface area is 136 Å². The van der Waals surface area contributed by atoms with Crippen LogP contribution in [0.3, 0.4) is 0 Å². The van der Waals surface area contributed by atoms with Gasteiger partial charge in [0.15, 0.2) is 11.2 Å². The fourth-order valence-electron chi connectivity index (χ4n) is 2.57. The summed E-state index contributed by atoms with van der Waals surface area (Å²) in [5, 5.41) is 9.72. The average molecular weight is 335 g/mol. The first-order chi connectivity index (χ1) is 10.9. The molecule has 0 atom stereocenters. The van der Waals surface area contributed by atoms with Crippen molar-refractivity contribution in [1.82, 2.24) is 18.7 Å². The first kappa shape index (κ1) is 15.5. The van der Waals surface area contributed by atoms with Gasteiger partial charge in [-0.2, -0.15) is 0 Å². The van der Waals surface area contributed by atoms with Crippen molar-refractivity contribution in [2.24, 2.45) is 14.1 Å². The molecule has 3 rings (SSSR count). The number of fused-ring (bicyclic) bond motifs is 1. The summed E-state index contributed by atoms with van der Waals surface area (Å²) < 4.78 is 4.09. The number of aliphatic hydroxyl groups is 1. The zero-order valence-corrected chi connectivity index (χ0v) is 13.4. The molecule has 0 aliphatic carbocycles. The van der Waals surface area contributed by atoms with Crippen molar-refractivity contribution < 1.29 is 5.11 Å². The minimum atomic E-state index is -0.443. The molecule has 0 aliphatic rings. The molecule has 2 heterocycles. The van der Waals surface area contributed by atoms with Crippen LogP contribution in [0.25, 0.3) is 11.2 Å². The third kappa shape index (κ3) is 2.47. The molecule has 0 saturated carbocycles. The van der Waals surface area contributed by atoms with Crippen molar-refractivity contribution in [3.8, 4) is 0 Å². The third-order valence-corrected chi connectivity index (χ3v) is 4.19. The van der Waals surface area contributed by atoms with Crippen LogP contribution in [0.5, 0.6) is 0 Å². The summed E-state index contributed by atoms with van der Waals surface area (Å²) >= 11 is 5.97. The zero-order valence-electron chi connectivity index (χ0n) is 12.7. The molecule has 0 aliphatic heterocycles. The first-order valence-electron chi connectivity index (χ1n) is 6.93. The third-order valence-electron chi connectivity index (χ3n) is 3.82. The van der Waals surface area contributed by atoms with Crippen LogP contribution in [-0.4, -0.2) is 23.8 Å². The van der Waals surface area contributed by atoms with Gasteiger partial charge in [0.2, 0.25) is 0 Å². The van der Waals surface area contributed by atoms with Crippen LogP contribution in [0.15, 0.2) is 34.1 Å². The average Bonchev–Trinajstić information content (AvgIpc) is 2.93. The number of rotatable bonds is 3. The SMILES string of the molecule is Cn1cnc2c1c(=O)n(Cc1ccc(Cl)c(CO)c1)c(=O)n2C. The smallest absolute Gasteiger partial charge is 0.332 e. The van der Waals surface area contributed by atoms with Gasteiger partial charge in [-0.3, -0.25) is 13.9 Å². The van der Waals surface area contributed by atoms with E-state index in [0.717, 1.165) is 4.57 Å². The van der Waals surface area contributed by atoms with Crippen molar-refractivity contribution in [3.63, 3.8) is 0 Å². The maximum absolute atomic E-state index is 12.6. The van der Waals surface area contributed by atoms with Gasteiger partial charge >= 0.3 is 5.69 Å². The van der Waals surface area contributed by atoms with Gasteiger partial charge in [-0.25, -0.2) is 9.78 Å². The summed E-state index contributed by atoms with van der Waals surface area (Å²) in [6, 6.07) is 5.04. The van der Waals surface area contributed by atoms with Crippen molar-refractivity contribution in [3.05, 3.63) is 61.5 Å². The predicted octanol–water partition coefficient (Wildman–Crippen LogP) is 0.628. The van der Waals surface area contributed by atoms with E-state index in [4.69, 9.17) is 11.6 Å². The van der Waals surface area contributed by atoms with Crippen molar-refractivity contribution in [1.29, 1.82) is 0 Å². The second kappa shape index (κ2) is 5.68. The largest absolute Gasteiger partial charge is 0.392 e. The Morgan fingerprint density at radius 2 is 2.00 bits per heavy atom. The lowest BCUT2D eigenvalue weighted by molar-refractivity contribution is 0.282. The molecule has 2 aromatic heterocycles. The van der Waals surface area contributed by atoms with Gasteiger partial charge in [0, 0.05) is 19.1 Å². The van der Waals surface area contributed by atoms with E-state index in [9.17, 15) is 14.7 Å². The number of hydrogen-bond acceptors (Lipinski definition) is 4. The number of benzene rings is 1. The highest BCUT2D eigenvalue weighted by Crippen LogP contribution is 2.18. The van der Waals surface area contributed by atoms with Crippen LogP contribution in [-0.2, 0) is 27.2 Å². The molecule has 0 spiro atoms. The molecule has 0 saturated heterocycles. The summed E-state index contributed by atoms with van der Waals surface area (Å²) in [6.45, 7) is -0.114. The molecule has 3 aromatic rings. The van der Waals surface area contributed by atoms with Gasteiger partial charge in [-0.1, -0.05) is 23.7 Å². The highest BCUT2D eigenvalue weighted by atomic mass is 35.5. The lowest BCUT2D eigenvalue weighted by atomic mass is 10.1. The van der Waals surface area contributed by atoms with E-state index in [0.29, 0.717) is 27.3 Å². The summed E-state index contributed by atoms with van der Waals surface area (Å²) in [4.78, 5) is 29.2. The number of hydrogen-bond donors (Lipinski definition) is 1. The van der Waals surface area contributed by atoms with E-state index in [2.05, 4.69) is 4.98 Å². The molecule has 0 fully saturated rings. The molecule has 0 bridgehead atoms. The lowest BCUT2D eigenvalue weighted by Crippen LogP contribution is -2.39. The highest BCUT2D eigenvalue weighted by molar-refractivity contribution is 6.31. The highest BCUT2D eigenvalue weighted by Gasteiger charge is 2.15. The Bertz CT molecular complexity index is 1020. The summed E-state index contributed by atoms with van der Waals surface area (Å²) in [7, 11) is 3.28. The van der Waals surface area contributed by atoms with Gasteiger partial charge < -0.3 is 9.67 Å². The summed E-state index contributed by atoms with van der Waals surface area (Å²) in [5.41, 5.74) is 1.13. The van der Waals surface area contributed by atoms with Crippen LogP contribution in [0.1, 0.15) is 11.1 Å². The normalized spacial score (nSPS) is 11.3. The van der Waals surface area contributed by atoms with Crippen LogP contribution in [0.2, 0.25) is 5.02 Å². The van der Waals surface area contributed by atoms with E-state index in [-0.39, 0.29) is 13.2 Å². The zero-order chi connectivity index (χ0) is 16.7. The van der Waals surface area contributed by atoms with Crippen molar-refractivity contribution in [2.45, 2.75) is 13.2 Å². The Hall–Kier alpha value is -2.38. The monoisotopic (exact) mass is 334 g/mol. The van der Waals surface area contributed by atoms with E-state index in [1.807, 2.05) is 0 Å². The number of aliphatic hydroxyl groups excluding tert-OH is 1. The molecule has 0 unspecified atom stereocenters. The van der Waals surface area contributed by atoms with E-state index >= 15 is 0 Å². The van der Waals surface area contributed by atoms with Crippen LogP contribution < -0.4 is 11.2 Å². The topological polar surface area (TPSA) is 82.1 Å². The maximum atomic E-state index is 12.6. The second-order valence-corrected chi connectivity index (χ2v) is 5.75. The fraction of sp³-hybridized carbons (Fsp3) is 0.267. The molecule has 1 N–H and O–H groups in total. The molecule has 0 amide bonds.